The SMILES string of the molecule is COc1ccccc1Oc1c(NS(=O)(=O)c2ccc(C(C)(C)C)cc2)nc(-c2ncccn2)nc1OCCC(=O)NC(CO)c1ccccc1. The molecular formula is C36H38N6O7S. The van der Waals surface area contributed by atoms with Crippen LogP contribution in [0.25, 0.3) is 11.6 Å². The van der Waals surface area contributed by atoms with E-state index in [0.29, 0.717) is 5.75 Å². The van der Waals surface area contributed by atoms with Crippen LogP contribution in [0.1, 0.15) is 44.4 Å². The lowest BCUT2D eigenvalue weighted by atomic mass is 9.87. The number of methoxy groups -OCH3 is 1. The number of rotatable bonds is 14. The fraction of sp³-hybridized carbons (Fsp3) is 0.250. The number of carbonyl (C=O) groups excluding carboxylic acids is 1. The molecule has 0 aliphatic carbocycles. The van der Waals surface area contributed by atoms with Gasteiger partial charge in [-0.2, -0.15) is 4.98 Å². The summed E-state index contributed by atoms with van der Waals surface area (Å²) in [6, 6.07) is 23.3. The van der Waals surface area contributed by atoms with E-state index in [4.69, 9.17) is 14.2 Å². The molecule has 0 spiro atoms. The summed E-state index contributed by atoms with van der Waals surface area (Å²) in [4.78, 5) is 30.3. The first-order valence-corrected chi connectivity index (χ1v) is 17.2. The van der Waals surface area contributed by atoms with Crippen LogP contribution >= 0.6 is 0 Å². The number of carbonyl (C=O) groups is 1. The molecule has 0 radical (unpaired) electrons. The van der Waals surface area contributed by atoms with Crippen LogP contribution in [0, 0.1) is 0 Å². The van der Waals surface area contributed by atoms with Crippen molar-refractivity contribution in [2.45, 2.75) is 43.5 Å². The Bertz CT molecular complexity index is 2010. The van der Waals surface area contributed by atoms with Crippen molar-refractivity contribution in [3.8, 4) is 34.8 Å². The number of hydrogen-bond acceptors (Lipinski definition) is 11. The number of benzene rings is 3. The lowest BCUT2D eigenvalue weighted by Crippen LogP contribution is -2.31. The highest BCUT2D eigenvalue weighted by Crippen LogP contribution is 2.41. The minimum Gasteiger partial charge on any atom is -0.493 e. The molecule has 0 saturated heterocycles. The normalized spacial score (nSPS) is 12.1. The number of anilines is 1. The summed E-state index contributed by atoms with van der Waals surface area (Å²) in [5.74, 6) is -0.474. The summed E-state index contributed by atoms with van der Waals surface area (Å²) < 4.78 is 47.8. The van der Waals surface area contributed by atoms with Crippen LogP contribution < -0.4 is 24.2 Å². The molecule has 3 aromatic carbocycles. The van der Waals surface area contributed by atoms with E-state index in [1.165, 1.54) is 31.6 Å². The van der Waals surface area contributed by atoms with Gasteiger partial charge in [-0.3, -0.25) is 9.52 Å². The third kappa shape index (κ3) is 8.89. The molecular weight excluding hydrogens is 660 g/mol. The number of nitrogens with zero attached hydrogens (tertiary/aromatic N) is 4. The lowest BCUT2D eigenvalue weighted by Gasteiger charge is -2.20. The Balaban J connectivity index is 1.52. The van der Waals surface area contributed by atoms with E-state index in [9.17, 15) is 18.3 Å². The molecule has 3 N–H and O–H groups in total. The summed E-state index contributed by atoms with van der Waals surface area (Å²) in [5, 5.41) is 12.7. The zero-order valence-electron chi connectivity index (χ0n) is 28.0. The molecule has 5 rings (SSSR count). The Labute approximate surface area is 290 Å². The average Bonchev–Trinajstić information content (AvgIpc) is 3.12. The van der Waals surface area contributed by atoms with E-state index in [-0.39, 0.29) is 64.8 Å². The van der Waals surface area contributed by atoms with Gasteiger partial charge in [-0.25, -0.2) is 23.4 Å². The highest BCUT2D eigenvalue weighted by atomic mass is 32.2. The van der Waals surface area contributed by atoms with E-state index < -0.39 is 22.0 Å². The first-order chi connectivity index (χ1) is 24.0. The maximum atomic E-state index is 13.8. The molecule has 14 heteroatoms. The third-order valence-electron chi connectivity index (χ3n) is 7.43. The molecule has 1 atom stereocenters. The van der Waals surface area contributed by atoms with Crippen molar-refractivity contribution in [1.29, 1.82) is 0 Å². The lowest BCUT2D eigenvalue weighted by molar-refractivity contribution is -0.122. The molecule has 2 aromatic heterocycles. The second-order valence-corrected chi connectivity index (χ2v) is 13.7. The fourth-order valence-corrected chi connectivity index (χ4v) is 5.77. The minimum atomic E-state index is -4.23. The van der Waals surface area contributed by atoms with Crippen LogP contribution in [0.2, 0.25) is 0 Å². The van der Waals surface area contributed by atoms with Gasteiger partial charge in [0, 0.05) is 12.4 Å². The van der Waals surface area contributed by atoms with E-state index in [1.54, 1.807) is 54.6 Å². The Morgan fingerprint density at radius 3 is 2.16 bits per heavy atom. The maximum Gasteiger partial charge on any atom is 0.263 e. The van der Waals surface area contributed by atoms with Gasteiger partial charge in [0.15, 0.2) is 23.1 Å². The second-order valence-electron chi connectivity index (χ2n) is 12.0. The standard InChI is InChI=1S/C36H38N6O7S/c1-36(2,3)25-15-17-26(18-16-25)50(45,46)42-32-31(49-29-14-9-8-13-28(29)47-4)35(41-34(40-32)33-37-20-10-21-38-33)48-22-19-30(44)39-27(23-43)24-11-6-5-7-12-24/h5-18,20-21,27,43H,19,22-23H2,1-4H3,(H,39,44)(H,40,41,42). The van der Waals surface area contributed by atoms with E-state index in [2.05, 4.69) is 30.0 Å². The highest BCUT2D eigenvalue weighted by molar-refractivity contribution is 7.92. The van der Waals surface area contributed by atoms with Gasteiger partial charge in [0.25, 0.3) is 15.9 Å². The molecule has 5 aromatic rings. The molecule has 50 heavy (non-hydrogen) atoms. The summed E-state index contributed by atoms with van der Waals surface area (Å²) in [7, 11) is -2.77. The van der Waals surface area contributed by atoms with Crippen molar-refractivity contribution >= 4 is 21.7 Å². The number of nitrogens with one attached hydrogen (secondary N) is 2. The fourth-order valence-electron chi connectivity index (χ4n) is 4.76. The van der Waals surface area contributed by atoms with Gasteiger partial charge in [-0.05, 0) is 46.9 Å². The van der Waals surface area contributed by atoms with Crippen molar-refractivity contribution in [3.05, 3.63) is 108 Å². The second kappa shape index (κ2) is 15.7. The molecule has 0 fully saturated rings. The molecule has 0 saturated carbocycles. The van der Waals surface area contributed by atoms with Crippen LogP contribution in [0.4, 0.5) is 5.82 Å². The topological polar surface area (TPSA) is 175 Å². The van der Waals surface area contributed by atoms with E-state index in [1.807, 2.05) is 39.0 Å². The number of para-hydroxylation sites is 2. The summed E-state index contributed by atoms with van der Waals surface area (Å²) in [6.45, 7) is 5.59. The number of aliphatic hydroxyl groups is 1. The molecule has 1 unspecified atom stereocenters. The number of amides is 1. The predicted octanol–water partition coefficient (Wildman–Crippen LogP) is 5.45. The van der Waals surface area contributed by atoms with Gasteiger partial charge in [0.05, 0.1) is 37.7 Å². The summed E-state index contributed by atoms with van der Waals surface area (Å²) >= 11 is 0. The van der Waals surface area contributed by atoms with Crippen LogP contribution in [-0.2, 0) is 20.2 Å². The highest BCUT2D eigenvalue weighted by Gasteiger charge is 2.27. The molecule has 1 amide bonds. The van der Waals surface area contributed by atoms with Gasteiger partial charge in [0.1, 0.15) is 0 Å². The van der Waals surface area contributed by atoms with E-state index in [0.717, 1.165) is 11.1 Å². The summed E-state index contributed by atoms with van der Waals surface area (Å²) in [5.41, 5.74) is 1.51. The molecule has 0 bridgehead atoms. The minimum absolute atomic E-state index is 0.0131. The van der Waals surface area contributed by atoms with Crippen molar-refractivity contribution in [2.24, 2.45) is 0 Å². The van der Waals surface area contributed by atoms with Crippen LogP contribution in [0.15, 0.2) is 102 Å². The Hall–Kier alpha value is -5.60. The van der Waals surface area contributed by atoms with Gasteiger partial charge in [-0.15, -0.1) is 0 Å². The smallest absolute Gasteiger partial charge is 0.263 e. The van der Waals surface area contributed by atoms with Gasteiger partial charge >= 0.3 is 0 Å². The number of hydrogen-bond donors (Lipinski definition) is 3. The first-order valence-electron chi connectivity index (χ1n) is 15.7. The molecule has 2 heterocycles. The first kappa shape index (κ1) is 35.7. The molecule has 260 valence electrons. The zero-order valence-corrected chi connectivity index (χ0v) is 28.8. The number of ether oxygens (including phenoxy) is 3. The molecule has 13 nitrogen and oxygen atoms in total. The van der Waals surface area contributed by atoms with Crippen molar-refractivity contribution in [3.63, 3.8) is 0 Å². The Kier molecular flexibility index (Phi) is 11.2. The van der Waals surface area contributed by atoms with Crippen LogP contribution in [0.5, 0.6) is 23.1 Å². The monoisotopic (exact) mass is 698 g/mol. The van der Waals surface area contributed by atoms with Crippen molar-refractivity contribution in [2.75, 3.05) is 25.0 Å². The number of sulfonamides is 1. The maximum absolute atomic E-state index is 13.8. The van der Waals surface area contributed by atoms with Gasteiger partial charge in [0.2, 0.25) is 17.5 Å². The van der Waals surface area contributed by atoms with E-state index >= 15 is 0 Å². The molecule has 0 aliphatic heterocycles. The number of aromatic nitrogens is 4. The third-order valence-corrected chi connectivity index (χ3v) is 8.79. The van der Waals surface area contributed by atoms with Crippen LogP contribution in [-0.4, -0.2) is 59.7 Å². The van der Waals surface area contributed by atoms with Crippen molar-refractivity contribution < 1.29 is 32.5 Å². The average molecular weight is 699 g/mol. The van der Waals surface area contributed by atoms with Crippen molar-refractivity contribution in [1.82, 2.24) is 25.3 Å². The number of aliphatic hydroxyl groups excluding tert-OH is 1. The predicted molar refractivity (Wildman–Crippen MR) is 187 cm³/mol. The Morgan fingerprint density at radius 2 is 1.52 bits per heavy atom. The van der Waals surface area contributed by atoms with Gasteiger partial charge in [-0.1, -0.05) is 75.4 Å². The van der Waals surface area contributed by atoms with Crippen LogP contribution in [0.3, 0.4) is 0 Å². The Morgan fingerprint density at radius 1 is 0.860 bits per heavy atom. The quantitative estimate of drug-likeness (QED) is 0.134. The zero-order chi connectivity index (χ0) is 35.7. The molecule has 0 aliphatic rings. The summed E-state index contributed by atoms with van der Waals surface area (Å²) in [6.07, 6.45) is 2.83. The largest absolute Gasteiger partial charge is 0.493 e. The van der Waals surface area contributed by atoms with Gasteiger partial charge < -0.3 is 24.6 Å².